The third-order valence-corrected chi connectivity index (χ3v) is 16.5. The Morgan fingerprint density at radius 3 is 1.22 bits per heavy atom. The number of unbranched alkanes of at least 4 members (excludes halogenated alkanes) is 31. The molecule has 0 spiro atoms. The van der Waals surface area contributed by atoms with E-state index in [4.69, 9.17) is 28.4 Å². The molecule has 1 amide bonds. The Balaban J connectivity index is 1.49. The van der Waals surface area contributed by atoms with Crippen LogP contribution in [-0.2, 0) is 33.2 Å². The second-order valence-corrected chi connectivity index (χ2v) is 23.6. The highest BCUT2D eigenvalue weighted by atomic mass is 16.8. The molecule has 0 aromatic carbocycles. The molecule has 0 radical (unpaired) electrons. The van der Waals surface area contributed by atoms with Crippen molar-refractivity contribution in [2.24, 2.45) is 0 Å². The van der Waals surface area contributed by atoms with Crippen molar-refractivity contribution in [3.05, 3.63) is 24.3 Å². The number of carbonyl (C=O) groups excluding carboxylic acids is 1. The van der Waals surface area contributed by atoms with Gasteiger partial charge in [-0.2, -0.15) is 0 Å². The molecule has 0 aromatic rings. The summed E-state index contributed by atoms with van der Waals surface area (Å²) in [5.74, 6) is -0.282. The molecule has 12 N–H and O–H groups in total. The molecule has 482 valence electrons. The lowest BCUT2D eigenvalue weighted by Gasteiger charge is -2.48. The number of hydrogen-bond donors (Lipinski definition) is 12. The first kappa shape index (κ1) is 74.5. The van der Waals surface area contributed by atoms with E-state index in [0.29, 0.717) is 12.8 Å². The number of aliphatic hydroxyl groups excluding tert-OH is 11. The van der Waals surface area contributed by atoms with Crippen molar-refractivity contribution in [1.82, 2.24) is 5.32 Å². The molecular formula is C63H117NO18. The maximum Gasteiger partial charge on any atom is 0.220 e. The first-order valence-corrected chi connectivity index (χ1v) is 32.6. The second-order valence-electron chi connectivity index (χ2n) is 23.6. The summed E-state index contributed by atoms with van der Waals surface area (Å²) in [6.07, 6.45) is 23.0. The molecule has 19 nitrogen and oxygen atoms in total. The lowest BCUT2D eigenvalue weighted by molar-refractivity contribution is -0.379. The quantitative estimate of drug-likeness (QED) is 0.0213. The van der Waals surface area contributed by atoms with Gasteiger partial charge in [0, 0.05) is 6.42 Å². The Morgan fingerprint density at radius 1 is 0.427 bits per heavy atom. The van der Waals surface area contributed by atoms with E-state index in [2.05, 4.69) is 31.3 Å². The third kappa shape index (κ3) is 29.3. The van der Waals surface area contributed by atoms with E-state index >= 15 is 0 Å². The normalized spacial score (nSPS) is 29.7. The van der Waals surface area contributed by atoms with Crippen LogP contribution in [0.4, 0.5) is 0 Å². The molecule has 3 saturated heterocycles. The van der Waals surface area contributed by atoms with Gasteiger partial charge in [-0.1, -0.05) is 224 Å². The van der Waals surface area contributed by atoms with Crippen molar-refractivity contribution in [1.29, 1.82) is 0 Å². The van der Waals surface area contributed by atoms with E-state index in [1.165, 1.54) is 167 Å². The Kier molecular flexibility index (Phi) is 42.2. The molecule has 0 aliphatic carbocycles. The van der Waals surface area contributed by atoms with Crippen LogP contribution in [0.15, 0.2) is 24.3 Å². The number of allylic oxidation sites excluding steroid dienone is 3. The zero-order valence-corrected chi connectivity index (χ0v) is 50.5. The average Bonchev–Trinajstić information content (AvgIpc) is 3.40. The molecule has 3 aliphatic heterocycles. The number of rotatable bonds is 49. The van der Waals surface area contributed by atoms with Gasteiger partial charge in [0.05, 0.1) is 38.6 Å². The van der Waals surface area contributed by atoms with Gasteiger partial charge in [0.15, 0.2) is 18.9 Å². The Morgan fingerprint density at radius 2 is 0.780 bits per heavy atom. The van der Waals surface area contributed by atoms with Crippen LogP contribution in [0.5, 0.6) is 0 Å². The molecule has 17 unspecified atom stereocenters. The fourth-order valence-electron chi connectivity index (χ4n) is 11.1. The van der Waals surface area contributed by atoms with Crippen LogP contribution in [0.1, 0.15) is 239 Å². The predicted molar refractivity (Wildman–Crippen MR) is 314 cm³/mol. The Labute approximate surface area is 492 Å². The van der Waals surface area contributed by atoms with E-state index in [1.807, 2.05) is 6.08 Å². The first-order chi connectivity index (χ1) is 39.8. The topological polar surface area (TPSA) is 307 Å². The van der Waals surface area contributed by atoms with Crippen LogP contribution in [-0.4, -0.2) is 193 Å². The van der Waals surface area contributed by atoms with E-state index < -0.39 is 124 Å². The maximum absolute atomic E-state index is 13.3. The van der Waals surface area contributed by atoms with Gasteiger partial charge in [0.1, 0.15) is 73.2 Å². The summed E-state index contributed by atoms with van der Waals surface area (Å²) < 4.78 is 34.3. The fraction of sp³-hybridized carbons (Fsp3) is 0.921. The van der Waals surface area contributed by atoms with Gasteiger partial charge in [0.25, 0.3) is 0 Å². The Bertz CT molecular complexity index is 1590. The minimum Gasteiger partial charge on any atom is -0.394 e. The van der Waals surface area contributed by atoms with E-state index in [1.54, 1.807) is 6.08 Å². The molecule has 0 saturated carbocycles. The summed E-state index contributed by atoms with van der Waals surface area (Å²) in [7, 11) is 0. The summed E-state index contributed by atoms with van der Waals surface area (Å²) in [6, 6.07) is -0.985. The molecular weight excluding hydrogens is 1060 g/mol. The van der Waals surface area contributed by atoms with Gasteiger partial charge in [-0.05, 0) is 32.1 Å². The summed E-state index contributed by atoms with van der Waals surface area (Å²) in [4.78, 5) is 13.3. The van der Waals surface area contributed by atoms with Crippen molar-refractivity contribution in [3.8, 4) is 0 Å². The molecule has 3 heterocycles. The van der Waals surface area contributed by atoms with Crippen molar-refractivity contribution in [2.75, 3.05) is 26.4 Å². The van der Waals surface area contributed by atoms with Crippen LogP contribution >= 0.6 is 0 Å². The van der Waals surface area contributed by atoms with E-state index in [-0.39, 0.29) is 18.9 Å². The molecule has 0 aromatic heterocycles. The fourth-order valence-corrected chi connectivity index (χ4v) is 11.1. The standard InChI is InChI=1S/C63H117NO18/c1-3-5-7-9-11-13-15-17-19-21-22-23-24-25-26-28-30-32-34-36-38-40-47(68)46(64-51(69)41-39-37-35-33-31-29-27-20-18-16-14-12-10-8-6-4-2)45-77-61-57(75)54(72)59(49(43-66)79-61)82-63-58(76)55(73)60(50(44-67)80-63)81-62-56(74)53(71)52(70)48(42-65)78-62/h30,32,38,40,46-50,52-63,65-68,70-76H,3-29,31,33-37,39,41-45H2,1-2H3,(H,64,69)/b32-30+,40-38+. The number of carbonyl (C=O) groups is 1. The van der Waals surface area contributed by atoms with Crippen LogP contribution in [0.2, 0.25) is 0 Å². The predicted octanol–water partition coefficient (Wildman–Crippen LogP) is 7.10. The monoisotopic (exact) mass is 1180 g/mol. The lowest BCUT2D eigenvalue weighted by atomic mass is 9.96. The number of amides is 1. The maximum atomic E-state index is 13.3. The zero-order chi connectivity index (χ0) is 59.7. The number of hydrogen-bond acceptors (Lipinski definition) is 18. The average molecular weight is 1180 g/mol. The van der Waals surface area contributed by atoms with Crippen LogP contribution < -0.4 is 5.32 Å². The SMILES string of the molecule is CCCCCCCCCCCCCCCCC/C=C/CC/C=C/C(O)C(COC1OC(CO)C(OC2OC(CO)C(OC3OC(CO)C(O)C(O)C3O)C(O)C2O)C(O)C1O)NC(=O)CCCCCCCCCCCCCCCCCC. The van der Waals surface area contributed by atoms with E-state index in [9.17, 15) is 61.0 Å². The summed E-state index contributed by atoms with van der Waals surface area (Å²) >= 11 is 0. The van der Waals surface area contributed by atoms with Gasteiger partial charge < -0.3 is 89.9 Å². The highest BCUT2D eigenvalue weighted by molar-refractivity contribution is 5.76. The highest BCUT2D eigenvalue weighted by Crippen LogP contribution is 2.33. The summed E-state index contributed by atoms with van der Waals surface area (Å²) in [5.41, 5.74) is 0. The van der Waals surface area contributed by atoms with Gasteiger partial charge in [0.2, 0.25) is 5.91 Å². The van der Waals surface area contributed by atoms with Crippen LogP contribution in [0.25, 0.3) is 0 Å². The third-order valence-electron chi connectivity index (χ3n) is 16.5. The van der Waals surface area contributed by atoms with Crippen molar-refractivity contribution < 1.29 is 89.4 Å². The summed E-state index contributed by atoms with van der Waals surface area (Å²) in [5, 5.41) is 120. The Hall–Kier alpha value is -1.73. The first-order valence-electron chi connectivity index (χ1n) is 32.6. The molecule has 0 bridgehead atoms. The lowest BCUT2D eigenvalue weighted by Crippen LogP contribution is -2.66. The molecule has 3 rings (SSSR count). The molecule has 17 atom stereocenters. The van der Waals surface area contributed by atoms with E-state index in [0.717, 1.165) is 38.5 Å². The van der Waals surface area contributed by atoms with Crippen molar-refractivity contribution in [2.45, 2.75) is 343 Å². The number of nitrogens with one attached hydrogen (secondary N) is 1. The zero-order valence-electron chi connectivity index (χ0n) is 50.5. The minimum atomic E-state index is -1.98. The minimum absolute atomic E-state index is 0.240. The van der Waals surface area contributed by atoms with Crippen molar-refractivity contribution in [3.63, 3.8) is 0 Å². The molecule has 3 aliphatic rings. The van der Waals surface area contributed by atoms with Crippen LogP contribution in [0, 0.1) is 0 Å². The molecule has 19 heteroatoms. The van der Waals surface area contributed by atoms with Gasteiger partial charge in [-0.25, -0.2) is 0 Å². The highest BCUT2D eigenvalue weighted by Gasteiger charge is 2.53. The van der Waals surface area contributed by atoms with Gasteiger partial charge in [-0.15, -0.1) is 0 Å². The molecule has 82 heavy (non-hydrogen) atoms. The summed E-state index contributed by atoms with van der Waals surface area (Å²) in [6.45, 7) is 1.73. The van der Waals surface area contributed by atoms with Crippen molar-refractivity contribution >= 4 is 5.91 Å². The largest absolute Gasteiger partial charge is 0.394 e. The number of ether oxygens (including phenoxy) is 6. The molecule has 3 fully saturated rings. The van der Waals surface area contributed by atoms with Crippen LogP contribution in [0.3, 0.4) is 0 Å². The van der Waals surface area contributed by atoms with Gasteiger partial charge in [-0.3, -0.25) is 4.79 Å². The smallest absolute Gasteiger partial charge is 0.220 e. The second kappa shape index (κ2) is 46.4. The number of aliphatic hydroxyl groups is 11. The van der Waals surface area contributed by atoms with Gasteiger partial charge >= 0.3 is 0 Å².